The second-order valence-corrected chi connectivity index (χ2v) is 9.41. The number of nitriles is 1. The Labute approximate surface area is 235 Å². The zero-order valence-corrected chi connectivity index (χ0v) is 24.8. The van der Waals surface area contributed by atoms with Crippen molar-refractivity contribution in [2.45, 2.75) is 67.2 Å². The summed E-state index contributed by atoms with van der Waals surface area (Å²) in [5.41, 5.74) is 3.54. The van der Waals surface area contributed by atoms with E-state index in [1.165, 1.54) is 32.0 Å². The maximum absolute atomic E-state index is 12.8. The number of hydrogen-bond donors (Lipinski definition) is 1. The fourth-order valence-electron chi connectivity index (χ4n) is 3.29. The van der Waals surface area contributed by atoms with Gasteiger partial charge < -0.3 is 5.11 Å². The summed E-state index contributed by atoms with van der Waals surface area (Å²) in [6.07, 6.45) is 10.8. The smallest absolute Gasteiger partial charge is 0.290 e. The van der Waals surface area contributed by atoms with Crippen LogP contribution in [0.15, 0.2) is 61.2 Å². The second kappa shape index (κ2) is 24.4. The number of rotatable bonds is 5. The van der Waals surface area contributed by atoms with Crippen molar-refractivity contribution in [3.63, 3.8) is 0 Å². The second-order valence-electron chi connectivity index (χ2n) is 9.01. The number of carbonyl (C=O) groups is 1. The summed E-state index contributed by atoms with van der Waals surface area (Å²) in [6, 6.07) is 12.5. The Morgan fingerprint density at radius 2 is 1.74 bits per heavy atom. The lowest BCUT2D eigenvalue weighted by molar-refractivity contribution is -0.122. The highest BCUT2D eigenvalue weighted by Gasteiger charge is 2.16. The van der Waals surface area contributed by atoms with Gasteiger partial charge in [0.15, 0.2) is 0 Å². The van der Waals surface area contributed by atoms with E-state index in [9.17, 15) is 4.39 Å². The third-order valence-corrected chi connectivity index (χ3v) is 5.48. The molecule has 1 aliphatic heterocycles. The molecule has 1 unspecified atom stereocenters. The number of aryl methyl sites for hydroxylation is 3. The van der Waals surface area contributed by atoms with Crippen molar-refractivity contribution in [2.75, 3.05) is 19.6 Å². The zero-order chi connectivity index (χ0) is 29.3. The standard InChI is InChI=1S/C11H19N.C9H11F.C8H6ClN.C3H8.CH2O2/c1-3-4-5-6-8-12-9-7-11(2)10-12;1-3-8-6-7(2)4-5-9(8)10;1-6-2-3-7(5-10)8(9)4-6;1-3-2;2-1-3/h3,5-6,11H,1,4,7-10H2,2H3;4-6H,3H2,1-2H3;2-4H,1H3;3H2,1-2H3;1H,(H,2,3)/b6-5+;;;;. The van der Waals surface area contributed by atoms with Crippen molar-refractivity contribution in [3.05, 3.63) is 94.3 Å². The summed E-state index contributed by atoms with van der Waals surface area (Å²) in [6.45, 7) is 19.5. The fraction of sp³-hybridized carbons (Fsp3) is 0.438. The minimum absolute atomic E-state index is 0.0897. The van der Waals surface area contributed by atoms with Gasteiger partial charge in [0.05, 0.1) is 10.6 Å². The Bertz CT molecular complexity index is 977. The van der Waals surface area contributed by atoms with Gasteiger partial charge in [-0.15, -0.1) is 6.58 Å². The van der Waals surface area contributed by atoms with Crippen LogP contribution in [0, 0.1) is 36.9 Å². The van der Waals surface area contributed by atoms with Crippen molar-refractivity contribution in [3.8, 4) is 6.07 Å². The number of likely N-dealkylation sites (tertiary alicyclic amines) is 1. The number of carboxylic acid groups (broad SMARTS) is 1. The highest BCUT2D eigenvalue weighted by atomic mass is 35.5. The molecular weight excluding hydrogens is 499 g/mol. The van der Waals surface area contributed by atoms with Crippen molar-refractivity contribution in [2.24, 2.45) is 5.92 Å². The first-order valence-corrected chi connectivity index (χ1v) is 13.5. The van der Waals surface area contributed by atoms with Crippen LogP contribution in [-0.4, -0.2) is 36.1 Å². The number of benzene rings is 2. The molecule has 0 amide bonds. The van der Waals surface area contributed by atoms with Crippen molar-refractivity contribution >= 4 is 18.1 Å². The average Bonchev–Trinajstić information content (AvgIpc) is 3.30. The number of allylic oxidation sites excluding steroid dienone is 2. The van der Waals surface area contributed by atoms with E-state index in [2.05, 4.69) is 44.4 Å². The highest BCUT2D eigenvalue weighted by Crippen LogP contribution is 2.16. The Morgan fingerprint density at radius 3 is 2.18 bits per heavy atom. The predicted octanol–water partition coefficient (Wildman–Crippen LogP) is 8.79. The molecule has 2 aromatic carbocycles. The van der Waals surface area contributed by atoms with E-state index >= 15 is 0 Å². The molecule has 1 fully saturated rings. The summed E-state index contributed by atoms with van der Waals surface area (Å²) in [4.78, 5) is 10.9. The molecule has 4 nitrogen and oxygen atoms in total. The molecule has 2 aromatic rings. The van der Waals surface area contributed by atoms with Crippen LogP contribution >= 0.6 is 11.6 Å². The molecule has 0 bridgehead atoms. The van der Waals surface area contributed by atoms with Crippen LogP contribution < -0.4 is 0 Å². The molecule has 1 saturated heterocycles. The van der Waals surface area contributed by atoms with Gasteiger partial charge in [-0.05, 0) is 74.9 Å². The predicted molar refractivity (Wildman–Crippen MR) is 160 cm³/mol. The molecule has 1 heterocycles. The van der Waals surface area contributed by atoms with E-state index in [-0.39, 0.29) is 12.3 Å². The van der Waals surface area contributed by atoms with E-state index in [0.717, 1.165) is 42.0 Å². The van der Waals surface area contributed by atoms with E-state index in [1.807, 2.05) is 45.0 Å². The van der Waals surface area contributed by atoms with Gasteiger partial charge in [-0.1, -0.05) is 87.7 Å². The molecule has 1 atom stereocenters. The molecule has 0 saturated carbocycles. The third kappa shape index (κ3) is 19.2. The largest absolute Gasteiger partial charge is 0.483 e. The molecule has 210 valence electrons. The summed E-state index contributed by atoms with van der Waals surface area (Å²) < 4.78 is 12.8. The van der Waals surface area contributed by atoms with Gasteiger partial charge in [-0.2, -0.15) is 5.26 Å². The van der Waals surface area contributed by atoms with E-state index in [4.69, 9.17) is 26.8 Å². The van der Waals surface area contributed by atoms with Gasteiger partial charge in [-0.3, -0.25) is 9.69 Å². The molecule has 1 N–H and O–H groups in total. The average molecular weight is 545 g/mol. The summed E-state index contributed by atoms with van der Waals surface area (Å²) >= 11 is 5.71. The lowest BCUT2D eigenvalue weighted by Gasteiger charge is -2.11. The molecule has 0 spiro atoms. The van der Waals surface area contributed by atoms with Crippen molar-refractivity contribution in [1.29, 1.82) is 5.26 Å². The minimum Gasteiger partial charge on any atom is -0.483 e. The number of hydrogen-bond acceptors (Lipinski definition) is 3. The summed E-state index contributed by atoms with van der Waals surface area (Å²) in [7, 11) is 0. The Hall–Kier alpha value is -2.94. The quantitative estimate of drug-likeness (QED) is 0.301. The first-order chi connectivity index (χ1) is 18.1. The van der Waals surface area contributed by atoms with Gasteiger partial charge in [0, 0.05) is 13.1 Å². The summed E-state index contributed by atoms with van der Waals surface area (Å²) in [5, 5.41) is 15.9. The molecule has 0 aromatic heterocycles. The topological polar surface area (TPSA) is 64.3 Å². The maximum Gasteiger partial charge on any atom is 0.290 e. The molecule has 38 heavy (non-hydrogen) atoms. The number of nitrogens with zero attached hydrogens (tertiary/aromatic N) is 2. The Balaban J connectivity index is 0. The van der Waals surface area contributed by atoms with Gasteiger partial charge in [0.2, 0.25) is 0 Å². The van der Waals surface area contributed by atoms with Crippen LogP contribution in [0.3, 0.4) is 0 Å². The van der Waals surface area contributed by atoms with Gasteiger partial charge in [0.25, 0.3) is 6.47 Å². The van der Waals surface area contributed by atoms with Gasteiger partial charge in [-0.25, -0.2) is 4.39 Å². The van der Waals surface area contributed by atoms with Crippen LogP contribution in [0.25, 0.3) is 0 Å². The first kappa shape index (κ1) is 37.2. The Kier molecular flexibility index (Phi) is 23.9. The van der Waals surface area contributed by atoms with E-state index in [0.29, 0.717) is 10.6 Å². The molecule has 0 aliphatic carbocycles. The maximum atomic E-state index is 12.8. The van der Waals surface area contributed by atoms with Crippen molar-refractivity contribution in [1.82, 2.24) is 4.90 Å². The van der Waals surface area contributed by atoms with Crippen LogP contribution in [0.4, 0.5) is 4.39 Å². The zero-order valence-electron chi connectivity index (χ0n) is 24.0. The number of halogens is 2. The van der Waals surface area contributed by atoms with Gasteiger partial charge >= 0.3 is 0 Å². The third-order valence-electron chi connectivity index (χ3n) is 5.17. The molecule has 3 rings (SSSR count). The van der Waals surface area contributed by atoms with Crippen molar-refractivity contribution < 1.29 is 14.3 Å². The van der Waals surface area contributed by atoms with Crippen LogP contribution in [0.5, 0.6) is 0 Å². The lowest BCUT2D eigenvalue weighted by atomic mass is 10.1. The summed E-state index contributed by atoms with van der Waals surface area (Å²) in [5.74, 6) is 0.811. The molecule has 1 aliphatic rings. The van der Waals surface area contributed by atoms with E-state index in [1.54, 1.807) is 18.2 Å². The highest BCUT2D eigenvalue weighted by molar-refractivity contribution is 6.31. The van der Waals surface area contributed by atoms with Crippen LogP contribution in [-0.2, 0) is 11.2 Å². The monoisotopic (exact) mass is 544 g/mol. The van der Waals surface area contributed by atoms with Crippen LogP contribution in [0.2, 0.25) is 5.02 Å². The molecular formula is C32H46ClFN2O2. The fourth-order valence-corrected chi connectivity index (χ4v) is 3.57. The Morgan fingerprint density at radius 1 is 1.16 bits per heavy atom. The lowest BCUT2D eigenvalue weighted by Crippen LogP contribution is -2.19. The normalized spacial score (nSPS) is 13.7. The SMILES string of the molecule is C=CC/C=C/CN1CCC(C)C1.CCC.CCc1cc(C)ccc1F.Cc1ccc(C#N)c(Cl)c1.O=CO. The minimum atomic E-state index is -0.250. The van der Waals surface area contributed by atoms with Gasteiger partial charge in [0.1, 0.15) is 11.9 Å². The van der Waals surface area contributed by atoms with E-state index < -0.39 is 0 Å². The first-order valence-electron chi connectivity index (χ1n) is 13.1. The van der Waals surface area contributed by atoms with Crippen LogP contribution in [0.1, 0.15) is 69.2 Å². The molecule has 6 heteroatoms. The molecule has 0 radical (unpaired) electrons.